The minimum absolute atomic E-state index is 0.0846. The van der Waals surface area contributed by atoms with E-state index in [9.17, 15) is 4.79 Å². The Morgan fingerprint density at radius 1 is 1.38 bits per heavy atom. The highest BCUT2D eigenvalue weighted by atomic mass is 32.1. The van der Waals surface area contributed by atoms with Crippen LogP contribution in [0.25, 0.3) is 10.9 Å². The second-order valence-electron chi connectivity index (χ2n) is 5.42. The molecule has 3 heterocycles. The molecule has 0 aromatic carbocycles. The molecular formula is C16H15N3OS. The number of carbonyl (C=O) groups is 1. The van der Waals surface area contributed by atoms with E-state index in [2.05, 4.69) is 26.8 Å². The molecule has 106 valence electrons. The summed E-state index contributed by atoms with van der Waals surface area (Å²) in [5, 5.41) is 5.11. The SMILES string of the molecule is O=C(c1cncc2[nH]ccc12)N(Cc1ccsc1)C1CC1. The minimum atomic E-state index is 0.0846. The van der Waals surface area contributed by atoms with E-state index in [4.69, 9.17) is 0 Å². The summed E-state index contributed by atoms with van der Waals surface area (Å²) in [6.07, 6.45) is 7.50. The Hall–Kier alpha value is -2.14. The molecule has 3 aromatic rings. The highest BCUT2D eigenvalue weighted by molar-refractivity contribution is 7.07. The maximum Gasteiger partial charge on any atom is 0.256 e. The normalized spacial score (nSPS) is 14.5. The minimum Gasteiger partial charge on any atom is -0.360 e. The first kappa shape index (κ1) is 12.6. The van der Waals surface area contributed by atoms with Crippen molar-refractivity contribution >= 4 is 28.1 Å². The van der Waals surface area contributed by atoms with Crippen LogP contribution in [0, 0.1) is 0 Å². The smallest absolute Gasteiger partial charge is 0.256 e. The Bertz CT molecular complexity index is 774. The molecular weight excluding hydrogens is 282 g/mol. The van der Waals surface area contributed by atoms with Crippen LogP contribution >= 0.6 is 11.3 Å². The van der Waals surface area contributed by atoms with Gasteiger partial charge in [-0.25, -0.2) is 0 Å². The number of amides is 1. The van der Waals surface area contributed by atoms with Gasteiger partial charge >= 0.3 is 0 Å². The third kappa shape index (κ3) is 2.34. The van der Waals surface area contributed by atoms with Crippen LogP contribution in [0.5, 0.6) is 0 Å². The van der Waals surface area contributed by atoms with Crippen molar-refractivity contribution in [1.29, 1.82) is 0 Å². The van der Waals surface area contributed by atoms with Crippen LogP contribution in [-0.4, -0.2) is 26.8 Å². The topological polar surface area (TPSA) is 49.0 Å². The molecule has 4 nitrogen and oxygen atoms in total. The van der Waals surface area contributed by atoms with Crippen molar-refractivity contribution in [2.75, 3.05) is 0 Å². The predicted octanol–water partition coefficient (Wildman–Crippen LogP) is 3.43. The molecule has 1 saturated carbocycles. The second-order valence-corrected chi connectivity index (χ2v) is 6.20. The molecule has 5 heteroatoms. The third-order valence-electron chi connectivity index (χ3n) is 3.89. The van der Waals surface area contributed by atoms with Gasteiger partial charge in [0.2, 0.25) is 0 Å². The Labute approximate surface area is 126 Å². The highest BCUT2D eigenvalue weighted by Gasteiger charge is 2.33. The number of pyridine rings is 1. The molecule has 0 saturated heterocycles. The van der Waals surface area contributed by atoms with E-state index < -0.39 is 0 Å². The van der Waals surface area contributed by atoms with E-state index >= 15 is 0 Å². The van der Waals surface area contributed by atoms with Crippen LogP contribution in [0.15, 0.2) is 41.5 Å². The largest absolute Gasteiger partial charge is 0.360 e. The van der Waals surface area contributed by atoms with Gasteiger partial charge in [0.25, 0.3) is 5.91 Å². The lowest BCUT2D eigenvalue weighted by atomic mass is 10.1. The number of nitrogens with zero attached hydrogens (tertiary/aromatic N) is 2. The van der Waals surface area contributed by atoms with Gasteiger partial charge in [0.1, 0.15) is 0 Å². The molecule has 21 heavy (non-hydrogen) atoms. The highest BCUT2D eigenvalue weighted by Crippen LogP contribution is 2.31. The molecule has 3 aromatic heterocycles. The first-order valence-electron chi connectivity index (χ1n) is 7.06. The van der Waals surface area contributed by atoms with Gasteiger partial charge in [-0.1, -0.05) is 0 Å². The van der Waals surface area contributed by atoms with E-state index in [0.717, 1.165) is 23.7 Å². The zero-order valence-corrected chi connectivity index (χ0v) is 12.3. The summed E-state index contributed by atoms with van der Waals surface area (Å²) in [5.74, 6) is 0.0846. The van der Waals surface area contributed by atoms with Crippen LogP contribution in [0.2, 0.25) is 0 Å². The first-order valence-corrected chi connectivity index (χ1v) is 8.00. The van der Waals surface area contributed by atoms with Crippen molar-refractivity contribution in [3.8, 4) is 0 Å². The van der Waals surface area contributed by atoms with Gasteiger partial charge in [-0.15, -0.1) is 0 Å². The fraction of sp³-hybridized carbons (Fsp3) is 0.250. The molecule has 1 aliphatic rings. The maximum absolute atomic E-state index is 12.9. The van der Waals surface area contributed by atoms with E-state index in [1.54, 1.807) is 23.7 Å². The number of hydrogen-bond acceptors (Lipinski definition) is 3. The van der Waals surface area contributed by atoms with Crippen molar-refractivity contribution < 1.29 is 4.79 Å². The molecule has 0 bridgehead atoms. The van der Waals surface area contributed by atoms with Gasteiger partial charge in [0.15, 0.2) is 0 Å². The zero-order valence-electron chi connectivity index (χ0n) is 11.5. The number of nitrogens with one attached hydrogen (secondary N) is 1. The van der Waals surface area contributed by atoms with Crippen LogP contribution in [0.4, 0.5) is 0 Å². The Kier molecular flexibility index (Phi) is 3.00. The summed E-state index contributed by atoms with van der Waals surface area (Å²) in [7, 11) is 0. The van der Waals surface area contributed by atoms with E-state index in [0.29, 0.717) is 18.2 Å². The Morgan fingerprint density at radius 3 is 3.05 bits per heavy atom. The number of rotatable bonds is 4. The van der Waals surface area contributed by atoms with Crippen molar-refractivity contribution in [2.45, 2.75) is 25.4 Å². The van der Waals surface area contributed by atoms with Crippen LogP contribution in [0.3, 0.4) is 0 Å². The number of H-pyrrole nitrogens is 1. The Balaban J connectivity index is 1.69. The second kappa shape index (κ2) is 5.00. The van der Waals surface area contributed by atoms with Gasteiger partial charge in [-0.2, -0.15) is 11.3 Å². The van der Waals surface area contributed by atoms with Crippen molar-refractivity contribution in [3.63, 3.8) is 0 Å². The summed E-state index contributed by atoms with van der Waals surface area (Å²) in [5.41, 5.74) is 2.80. The predicted molar refractivity (Wildman–Crippen MR) is 83.3 cm³/mol. The average molecular weight is 297 g/mol. The fourth-order valence-electron chi connectivity index (χ4n) is 2.64. The standard InChI is InChI=1S/C16H15N3OS/c20-16(14-7-17-8-15-13(14)3-5-18-15)19(12-1-2-12)9-11-4-6-21-10-11/h3-8,10,12,18H,1-2,9H2. The monoisotopic (exact) mass is 297 g/mol. The van der Waals surface area contributed by atoms with Gasteiger partial charge in [0, 0.05) is 30.4 Å². The lowest BCUT2D eigenvalue weighted by Gasteiger charge is -2.22. The molecule has 0 atom stereocenters. The molecule has 1 amide bonds. The molecule has 1 N–H and O–H groups in total. The summed E-state index contributed by atoms with van der Waals surface area (Å²) in [6, 6.07) is 4.41. The molecule has 0 spiro atoms. The molecule has 0 unspecified atom stereocenters. The molecule has 0 aliphatic heterocycles. The van der Waals surface area contributed by atoms with Crippen LogP contribution in [-0.2, 0) is 6.54 Å². The summed E-state index contributed by atoms with van der Waals surface area (Å²) in [4.78, 5) is 22.2. The lowest BCUT2D eigenvalue weighted by Crippen LogP contribution is -2.32. The summed E-state index contributed by atoms with van der Waals surface area (Å²) < 4.78 is 0. The fourth-order valence-corrected chi connectivity index (χ4v) is 3.30. The van der Waals surface area contributed by atoms with E-state index in [1.165, 1.54) is 5.56 Å². The summed E-state index contributed by atoms with van der Waals surface area (Å²) in [6.45, 7) is 0.688. The molecule has 4 rings (SSSR count). The van der Waals surface area contributed by atoms with Gasteiger partial charge in [-0.05, 0) is 41.3 Å². The number of fused-ring (bicyclic) bond motifs is 1. The molecule has 0 radical (unpaired) electrons. The van der Waals surface area contributed by atoms with E-state index in [-0.39, 0.29) is 5.91 Å². The maximum atomic E-state index is 12.9. The number of aromatic nitrogens is 2. The van der Waals surface area contributed by atoms with Gasteiger partial charge < -0.3 is 9.88 Å². The van der Waals surface area contributed by atoms with Crippen molar-refractivity contribution in [3.05, 3.63) is 52.6 Å². The van der Waals surface area contributed by atoms with E-state index in [1.807, 2.05) is 17.2 Å². The average Bonchev–Trinajstić information content (AvgIpc) is 3.02. The number of hydrogen-bond donors (Lipinski definition) is 1. The Morgan fingerprint density at radius 2 is 2.29 bits per heavy atom. The first-order chi connectivity index (χ1) is 10.3. The van der Waals surface area contributed by atoms with Crippen LogP contribution in [0.1, 0.15) is 28.8 Å². The zero-order chi connectivity index (χ0) is 14.2. The van der Waals surface area contributed by atoms with Crippen molar-refractivity contribution in [2.24, 2.45) is 0 Å². The number of carbonyl (C=O) groups excluding carboxylic acids is 1. The lowest BCUT2D eigenvalue weighted by molar-refractivity contribution is 0.0732. The van der Waals surface area contributed by atoms with Crippen LogP contribution < -0.4 is 0 Å². The quantitative estimate of drug-likeness (QED) is 0.802. The van der Waals surface area contributed by atoms with Crippen molar-refractivity contribution in [1.82, 2.24) is 14.9 Å². The summed E-state index contributed by atoms with van der Waals surface area (Å²) >= 11 is 1.67. The van der Waals surface area contributed by atoms with Gasteiger partial charge in [-0.3, -0.25) is 9.78 Å². The van der Waals surface area contributed by atoms with Gasteiger partial charge in [0.05, 0.1) is 17.3 Å². The number of aromatic amines is 1. The molecule has 1 fully saturated rings. The third-order valence-corrected chi connectivity index (χ3v) is 4.62. The number of thiophene rings is 1. The molecule has 1 aliphatic carbocycles.